The van der Waals surface area contributed by atoms with Gasteiger partial charge in [0.15, 0.2) is 0 Å². The summed E-state index contributed by atoms with van der Waals surface area (Å²) in [6, 6.07) is 12.8. The van der Waals surface area contributed by atoms with E-state index in [1.54, 1.807) is 6.07 Å². The smallest absolute Gasteiger partial charge is 0.142 e. The third-order valence-electron chi connectivity index (χ3n) is 3.31. The van der Waals surface area contributed by atoms with Crippen LogP contribution < -0.4 is 0 Å². The van der Waals surface area contributed by atoms with Crippen LogP contribution in [-0.2, 0) is 5.41 Å². The van der Waals surface area contributed by atoms with Gasteiger partial charge in [-0.1, -0.05) is 62.7 Å². The van der Waals surface area contributed by atoms with Crippen LogP contribution in [0.1, 0.15) is 42.8 Å². The third-order valence-corrected chi connectivity index (χ3v) is 4.12. The minimum atomic E-state index is -0.443. The van der Waals surface area contributed by atoms with Crippen molar-refractivity contribution >= 4 is 23.2 Å². The maximum Gasteiger partial charge on any atom is 0.142 e. The predicted octanol–water partition coefficient (Wildman–Crippen LogP) is 6.10. The van der Waals surface area contributed by atoms with Gasteiger partial charge < -0.3 is 0 Å². The lowest BCUT2D eigenvalue weighted by Crippen LogP contribution is -2.10. The zero-order valence-electron chi connectivity index (χ0n) is 11.8. The van der Waals surface area contributed by atoms with Gasteiger partial charge in [-0.15, -0.1) is 11.6 Å². The average molecular weight is 311 g/mol. The second-order valence-electron chi connectivity index (χ2n) is 5.91. The van der Waals surface area contributed by atoms with Gasteiger partial charge in [0.2, 0.25) is 0 Å². The lowest BCUT2D eigenvalue weighted by atomic mass is 9.86. The van der Waals surface area contributed by atoms with Crippen molar-refractivity contribution in [1.82, 2.24) is 0 Å². The van der Waals surface area contributed by atoms with Crippen molar-refractivity contribution in [3.63, 3.8) is 0 Å². The van der Waals surface area contributed by atoms with Gasteiger partial charge in [0, 0.05) is 0 Å². The molecule has 0 saturated heterocycles. The fourth-order valence-electron chi connectivity index (χ4n) is 2.01. The minimum absolute atomic E-state index is 0.104. The number of halogens is 3. The summed E-state index contributed by atoms with van der Waals surface area (Å²) in [4.78, 5) is 0. The molecule has 0 radical (unpaired) electrons. The van der Waals surface area contributed by atoms with E-state index in [9.17, 15) is 4.39 Å². The summed E-state index contributed by atoms with van der Waals surface area (Å²) in [5.74, 6) is -0.443. The first-order valence-electron chi connectivity index (χ1n) is 6.48. The molecule has 0 saturated carbocycles. The van der Waals surface area contributed by atoms with E-state index < -0.39 is 5.82 Å². The van der Waals surface area contributed by atoms with Crippen LogP contribution in [0, 0.1) is 5.82 Å². The number of hydrogen-bond acceptors (Lipinski definition) is 0. The average Bonchev–Trinajstić information content (AvgIpc) is 2.40. The fourth-order valence-corrected chi connectivity index (χ4v) is 2.41. The molecule has 0 bridgehead atoms. The van der Waals surface area contributed by atoms with Crippen LogP contribution in [0.4, 0.5) is 4.39 Å². The largest absolute Gasteiger partial charge is 0.205 e. The van der Waals surface area contributed by atoms with E-state index in [2.05, 4.69) is 32.9 Å². The van der Waals surface area contributed by atoms with E-state index >= 15 is 0 Å². The topological polar surface area (TPSA) is 0 Å². The number of benzene rings is 2. The van der Waals surface area contributed by atoms with Crippen LogP contribution in [0.25, 0.3) is 0 Å². The van der Waals surface area contributed by atoms with Crippen molar-refractivity contribution in [2.45, 2.75) is 31.6 Å². The highest BCUT2D eigenvalue weighted by molar-refractivity contribution is 6.30. The Hall–Kier alpha value is -1.05. The fraction of sp³-hybridized carbons (Fsp3) is 0.294. The van der Waals surface area contributed by atoms with Gasteiger partial charge in [0.1, 0.15) is 5.82 Å². The Morgan fingerprint density at radius 2 is 1.50 bits per heavy atom. The highest BCUT2D eigenvalue weighted by atomic mass is 35.5. The second kappa shape index (κ2) is 5.75. The lowest BCUT2D eigenvalue weighted by Gasteiger charge is -2.20. The summed E-state index contributed by atoms with van der Waals surface area (Å²) < 4.78 is 13.5. The summed E-state index contributed by atoms with van der Waals surface area (Å²) in [5.41, 5.74) is 3.00. The predicted molar refractivity (Wildman–Crippen MR) is 84.2 cm³/mol. The van der Waals surface area contributed by atoms with Crippen molar-refractivity contribution in [2.24, 2.45) is 0 Å². The quantitative estimate of drug-likeness (QED) is 0.587. The monoisotopic (exact) mass is 310 g/mol. The molecule has 0 spiro atoms. The van der Waals surface area contributed by atoms with E-state index in [4.69, 9.17) is 23.2 Å². The molecular formula is C17H17Cl2F. The van der Waals surface area contributed by atoms with Crippen LogP contribution in [0.2, 0.25) is 5.02 Å². The maximum absolute atomic E-state index is 13.5. The van der Waals surface area contributed by atoms with Gasteiger partial charge in [-0.05, 0) is 34.2 Å². The molecule has 0 heterocycles. The summed E-state index contributed by atoms with van der Waals surface area (Å²) >= 11 is 12.1. The summed E-state index contributed by atoms with van der Waals surface area (Å²) in [7, 11) is 0. The van der Waals surface area contributed by atoms with E-state index in [1.807, 2.05) is 12.1 Å². The number of hydrogen-bond donors (Lipinski definition) is 0. The van der Waals surface area contributed by atoms with E-state index in [0.29, 0.717) is 5.56 Å². The molecule has 0 N–H and O–H groups in total. The van der Waals surface area contributed by atoms with E-state index in [-0.39, 0.29) is 15.8 Å². The molecule has 3 heteroatoms. The molecule has 0 aliphatic carbocycles. The first kappa shape index (κ1) is 15.3. The minimum Gasteiger partial charge on any atom is -0.205 e. The van der Waals surface area contributed by atoms with Crippen LogP contribution in [0.15, 0.2) is 42.5 Å². The third kappa shape index (κ3) is 3.34. The molecule has 0 nitrogen and oxygen atoms in total. The van der Waals surface area contributed by atoms with Gasteiger partial charge in [0.05, 0.1) is 10.4 Å². The molecule has 0 aliphatic heterocycles. The number of alkyl halides is 1. The first-order chi connectivity index (χ1) is 9.29. The summed E-state index contributed by atoms with van der Waals surface area (Å²) in [6.07, 6.45) is 0. The Morgan fingerprint density at radius 1 is 0.950 bits per heavy atom. The zero-order chi connectivity index (χ0) is 14.9. The van der Waals surface area contributed by atoms with E-state index in [1.165, 1.54) is 17.7 Å². The standard InChI is InChI=1S/C17H17Cl2F/c1-17(2,3)13-7-4-11(5-8-13)16(19)12-6-9-14(18)15(20)10-12/h4-10,16H,1-3H3. The SMILES string of the molecule is CC(C)(C)c1ccc(C(Cl)c2ccc(Cl)c(F)c2)cc1. The Labute approximate surface area is 129 Å². The molecule has 0 fully saturated rings. The van der Waals surface area contributed by atoms with Crippen molar-refractivity contribution in [3.05, 3.63) is 70.0 Å². The molecule has 1 atom stereocenters. The Bertz CT molecular complexity index is 597. The zero-order valence-corrected chi connectivity index (χ0v) is 13.3. The first-order valence-corrected chi connectivity index (χ1v) is 7.30. The molecule has 20 heavy (non-hydrogen) atoms. The molecule has 2 aromatic rings. The molecule has 0 aromatic heterocycles. The molecular weight excluding hydrogens is 294 g/mol. The lowest BCUT2D eigenvalue weighted by molar-refractivity contribution is 0.590. The van der Waals surface area contributed by atoms with Gasteiger partial charge in [-0.25, -0.2) is 4.39 Å². The highest BCUT2D eigenvalue weighted by Crippen LogP contribution is 2.32. The van der Waals surface area contributed by atoms with Crippen LogP contribution >= 0.6 is 23.2 Å². The maximum atomic E-state index is 13.5. The van der Waals surface area contributed by atoms with E-state index in [0.717, 1.165) is 5.56 Å². The van der Waals surface area contributed by atoms with Crippen LogP contribution in [-0.4, -0.2) is 0 Å². The van der Waals surface area contributed by atoms with Gasteiger partial charge in [-0.2, -0.15) is 0 Å². The number of rotatable bonds is 2. The van der Waals surface area contributed by atoms with Crippen LogP contribution in [0.3, 0.4) is 0 Å². The van der Waals surface area contributed by atoms with Gasteiger partial charge in [-0.3, -0.25) is 0 Å². The normalized spacial score (nSPS) is 13.3. The van der Waals surface area contributed by atoms with Crippen molar-refractivity contribution in [2.75, 3.05) is 0 Å². The second-order valence-corrected chi connectivity index (χ2v) is 6.75. The highest BCUT2D eigenvalue weighted by Gasteiger charge is 2.16. The molecule has 1 unspecified atom stereocenters. The summed E-state index contributed by atoms with van der Waals surface area (Å²) in [5, 5.41) is -0.267. The molecule has 2 aromatic carbocycles. The Morgan fingerprint density at radius 3 is 2.00 bits per heavy atom. The molecule has 2 rings (SSSR count). The van der Waals surface area contributed by atoms with Gasteiger partial charge >= 0.3 is 0 Å². The van der Waals surface area contributed by atoms with Crippen molar-refractivity contribution < 1.29 is 4.39 Å². The van der Waals surface area contributed by atoms with Gasteiger partial charge in [0.25, 0.3) is 0 Å². The Balaban J connectivity index is 2.29. The molecule has 106 valence electrons. The molecule has 0 aliphatic rings. The van der Waals surface area contributed by atoms with Crippen LogP contribution in [0.5, 0.6) is 0 Å². The Kier molecular flexibility index (Phi) is 4.41. The van der Waals surface area contributed by atoms with Crippen molar-refractivity contribution in [3.8, 4) is 0 Å². The van der Waals surface area contributed by atoms with Crippen molar-refractivity contribution in [1.29, 1.82) is 0 Å². The summed E-state index contributed by atoms with van der Waals surface area (Å²) in [6.45, 7) is 6.48. The molecule has 0 amide bonds.